The molecule has 0 heterocycles. The zero-order chi connectivity index (χ0) is 14.0. The normalized spacial score (nSPS) is 13.9. The molecule has 0 rings (SSSR count). The van der Waals surface area contributed by atoms with Gasteiger partial charge in [-0.1, -0.05) is 0 Å². The number of carboxylic acids is 1. The summed E-state index contributed by atoms with van der Waals surface area (Å²) in [5.41, 5.74) is 5.39. The molecule has 0 aliphatic rings. The summed E-state index contributed by atoms with van der Waals surface area (Å²) in [6.45, 7) is 0.520. The predicted molar refractivity (Wildman–Crippen MR) is 78.2 cm³/mol. The molecule has 0 radical (unpaired) electrons. The van der Waals surface area contributed by atoms with Gasteiger partial charge in [-0.3, -0.25) is 4.79 Å². The van der Waals surface area contributed by atoms with Crippen LogP contribution in [0.15, 0.2) is 0 Å². The molecule has 18 heavy (non-hydrogen) atoms. The minimum Gasteiger partial charge on any atom is -0.480 e. The van der Waals surface area contributed by atoms with Crippen LogP contribution in [0.25, 0.3) is 0 Å². The van der Waals surface area contributed by atoms with Crippen molar-refractivity contribution >= 4 is 36.3 Å². The molecule has 0 aliphatic carbocycles. The lowest BCUT2D eigenvalue weighted by Gasteiger charge is -2.18. The van der Waals surface area contributed by atoms with E-state index in [4.69, 9.17) is 10.8 Å². The highest BCUT2D eigenvalue weighted by Crippen LogP contribution is 2.10. The molecule has 1 amide bonds. The first-order valence-corrected chi connectivity index (χ1v) is 7.92. The lowest BCUT2D eigenvalue weighted by atomic mass is 10.0. The molecule has 5 nitrogen and oxygen atoms in total. The Morgan fingerprint density at radius 3 is 2.56 bits per heavy atom. The fraction of sp³-hybridized carbons (Fsp3) is 0.818. The number of rotatable bonds is 10. The second kappa shape index (κ2) is 10.5. The summed E-state index contributed by atoms with van der Waals surface area (Å²) in [6.07, 6.45) is 3.71. The number of carboxylic acid groups (broad SMARTS) is 1. The first kappa shape index (κ1) is 17.6. The van der Waals surface area contributed by atoms with Crippen molar-refractivity contribution in [1.82, 2.24) is 5.32 Å². The lowest BCUT2D eigenvalue weighted by molar-refractivity contribution is -0.142. The van der Waals surface area contributed by atoms with E-state index in [0.717, 1.165) is 6.42 Å². The van der Waals surface area contributed by atoms with E-state index in [1.54, 1.807) is 11.8 Å². The zero-order valence-corrected chi connectivity index (χ0v) is 12.3. The minimum atomic E-state index is -0.992. The molecule has 7 heteroatoms. The number of nitrogens with one attached hydrogen (secondary N) is 1. The Hall–Kier alpha value is -0.400. The third-order valence-electron chi connectivity index (χ3n) is 2.57. The van der Waals surface area contributed by atoms with Gasteiger partial charge in [-0.15, -0.1) is 0 Å². The number of nitrogens with two attached hydrogens (primary N) is 1. The number of hydrogen-bond donors (Lipinski definition) is 4. The fourth-order valence-electron chi connectivity index (χ4n) is 1.45. The van der Waals surface area contributed by atoms with E-state index in [1.807, 2.05) is 6.26 Å². The molecule has 1 unspecified atom stereocenters. The largest absolute Gasteiger partial charge is 0.480 e. The van der Waals surface area contributed by atoms with E-state index in [-0.39, 0.29) is 11.8 Å². The zero-order valence-electron chi connectivity index (χ0n) is 10.6. The van der Waals surface area contributed by atoms with E-state index in [0.29, 0.717) is 30.9 Å². The predicted octanol–water partition coefficient (Wildman–Crippen LogP) is 0.594. The van der Waals surface area contributed by atoms with Gasteiger partial charge in [0.15, 0.2) is 0 Å². The van der Waals surface area contributed by atoms with Gasteiger partial charge in [-0.2, -0.15) is 24.4 Å². The van der Waals surface area contributed by atoms with Gasteiger partial charge in [0.05, 0.1) is 0 Å². The highest BCUT2D eigenvalue weighted by Gasteiger charge is 2.23. The Morgan fingerprint density at radius 1 is 1.44 bits per heavy atom. The van der Waals surface area contributed by atoms with Crippen LogP contribution in [0.3, 0.4) is 0 Å². The maximum Gasteiger partial charge on any atom is 0.326 e. The van der Waals surface area contributed by atoms with Crippen molar-refractivity contribution in [3.63, 3.8) is 0 Å². The SMILES string of the molecule is CSCC[C@H](NC(=O)C(CS)CCCN)C(=O)O. The van der Waals surface area contributed by atoms with Crippen LogP contribution in [0.2, 0.25) is 0 Å². The molecule has 0 aromatic heterocycles. The second-order valence-electron chi connectivity index (χ2n) is 3.99. The molecule has 106 valence electrons. The maximum absolute atomic E-state index is 11.9. The molecule has 4 N–H and O–H groups in total. The summed E-state index contributed by atoms with van der Waals surface area (Å²) in [6, 6.07) is -0.815. The monoisotopic (exact) mass is 294 g/mol. The van der Waals surface area contributed by atoms with Gasteiger partial charge < -0.3 is 16.2 Å². The molecule has 0 aliphatic heterocycles. The third-order valence-corrected chi connectivity index (χ3v) is 3.66. The van der Waals surface area contributed by atoms with Crippen LogP contribution in [0, 0.1) is 5.92 Å². The summed E-state index contributed by atoms with van der Waals surface area (Å²) in [5, 5.41) is 11.6. The molecule has 0 spiro atoms. The van der Waals surface area contributed by atoms with Gasteiger partial charge in [0.1, 0.15) is 6.04 Å². The van der Waals surface area contributed by atoms with Crippen molar-refractivity contribution in [3.05, 3.63) is 0 Å². The third kappa shape index (κ3) is 7.13. The van der Waals surface area contributed by atoms with Crippen molar-refractivity contribution in [2.24, 2.45) is 11.7 Å². The minimum absolute atomic E-state index is 0.244. The Kier molecular flexibility index (Phi) is 10.3. The second-order valence-corrected chi connectivity index (χ2v) is 5.34. The van der Waals surface area contributed by atoms with E-state index < -0.39 is 12.0 Å². The van der Waals surface area contributed by atoms with E-state index >= 15 is 0 Å². The van der Waals surface area contributed by atoms with Crippen LogP contribution in [0.5, 0.6) is 0 Å². The van der Waals surface area contributed by atoms with Crippen LogP contribution in [0.1, 0.15) is 19.3 Å². The average molecular weight is 294 g/mol. The Labute approximate surface area is 118 Å². The average Bonchev–Trinajstić information content (AvgIpc) is 2.34. The van der Waals surface area contributed by atoms with Crippen LogP contribution < -0.4 is 11.1 Å². The van der Waals surface area contributed by atoms with Gasteiger partial charge in [-0.25, -0.2) is 4.79 Å². The van der Waals surface area contributed by atoms with E-state index in [2.05, 4.69) is 17.9 Å². The number of hydrogen-bond acceptors (Lipinski definition) is 5. The quantitative estimate of drug-likeness (QED) is 0.443. The number of amides is 1. The number of thiol groups is 1. The molecule has 0 bridgehead atoms. The molecule has 2 atom stereocenters. The number of thioether (sulfide) groups is 1. The van der Waals surface area contributed by atoms with Crippen molar-refractivity contribution in [2.45, 2.75) is 25.3 Å². The number of aliphatic carboxylic acids is 1. The van der Waals surface area contributed by atoms with Crippen LogP contribution >= 0.6 is 24.4 Å². The molecule has 0 aromatic rings. The van der Waals surface area contributed by atoms with E-state index in [9.17, 15) is 9.59 Å². The van der Waals surface area contributed by atoms with Crippen molar-refractivity contribution < 1.29 is 14.7 Å². The Balaban J connectivity index is 4.32. The maximum atomic E-state index is 11.9. The molecule has 0 aromatic carbocycles. The summed E-state index contributed by atoms with van der Waals surface area (Å²) in [4.78, 5) is 22.9. The first-order valence-electron chi connectivity index (χ1n) is 5.89. The van der Waals surface area contributed by atoms with Crippen LogP contribution in [-0.2, 0) is 9.59 Å². The summed E-state index contributed by atoms with van der Waals surface area (Å²) >= 11 is 5.68. The molecule has 0 saturated carbocycles. The lowest BCUT2D eigenvalue weighted by Crippen LogP contribution is -2.44. The van der Waals surface area contributed by atoms with Gasteiger partial charge in [0, 0.05) is 11.7 Å². The summed E-state index contributed by atoms with van der Waals surface area (Å²) < 4.78 is 0. The van der Waals surface area contributed by atoms with Crippen molar-refractivity contribution in [2.75, 3.05) is 24.3 Å². The van der Waals surface area contributed by atoms with Crippen molar-refractivity contribution in [3.8, 4) is 0 Å². The highest BCUT2D eigenvalue weighted by molar-refractivity contribution is 7.98. The molecular formula is C11H22N2O3S2. The van der Waals surface area contributed by atoms with Gasteiger partial charge in [0.25, 0.3) is 0 Å². The van der Waals surface area contributed by atoms with Gasteiger partial charge in [-0.05, 0) is 37.8 Å². The fourth-order valence-corrected chi connectivity index (χ4v) is 2.27. The summed E-state index contributed by atoms with van der Waals surface area (Å²) in [7, 11) is 0. The highest BCUT2D eigenvalue weighted by atomic mass is 32.2. The van der Waals surface area contributed by atoms with Gasteiger partial charge in [0.2, 0.25) is 5.91 Å². The Morgan fingerprint density at radius 2 is 2.11 bits per heavy atom. The Bertz CT molecular complexity index is 265. The standard InChI is InChI=1S/C11H22N2O3S2/c1-18-6-4-9(11(15)16)13-10(14)8(7-17)3-2-5-12/h8-9,17H,2-7,12H2,1H3,(H,13,14)(H,15,16)/t8?,9-/m0/s1. The van der Waals surface area contributed by atoms with Crippen molar-refractivity contribution in [1.29, 1.82) is 0 Å². The van der Waals surface area contributed by atoms with Crippen LogP contribution in [0.4, 0.5) is 0 Å². The molecule has 0 saturated heterocycles. The molecule has 0 fully saturated rings. The summed E-state index contributed by atoms with van der Waals surface area (Å²) in [5.74, 6) is -0.402. The topological polar surface area (TPSA) is 92.4 Å². The van der Waals surface area contributed by atoms with E-state index in [1.165, 1.54) is 0 Å². The molecular weight excluding hydrogens is 272 g/mol. The smallest absolute Gasteiger partial charge is 0.326 e. The number of carbonyl (C=O) groups excluding carboxylic acids is 1. The van der Waals surface area contributed by atoms with Gasteiger partial charge >= 0.3 is 5.97 Å². The number of carbonyl (C=O) groups is 2. The van der Waals surface area contributed by atoms with Crippen LogP contribution in [-0.4, -0.2) is 47.3 Å². The first-order chi connectivity index (χ1) is 8.56.